The molecule has 0 aromatic carbocycles. The standard InChI is InChI=1S/C4H12O2PSSi/c1-5-7(8)6-9(2,3)4/h1-4H3/q+1. The van der Waals surface area contributed by atoms with Crippen molar-refractivity contribution in [2.75, 3.05) is 7.11 Å². The van der Waals surface area contributed by atoms with Crippen molar-refractivity contribution in [1.82, 2.24) is 0 Å². The maximum Gasteiger partial charge on any atom is 0.509 e. The Morgan fingerprint density at radius 1 is 1.33 bits per heavy atom. The maximum absolute atomic E-state index is 5.38. The summed E-state index contributed by atoms with van der Waals surface area (Å²) >= 11 is 4.84. The minimum atomic E-state index is -1.44. The van der Waals surface area contributed by atoms with Crippen molar-refractivity contribution in [2.45, 2.75) is 19.6 Å². The zero-order valence-corrected chi connectivity index (χ0v) is 8.88. The summed E-state index contributed by atoms with van der Waals surface area (Å²) in [6, 6.07) is 0. The highest BCUT2D eigenvalue weighted by molar-refractivity contribution is 8.01. The second-order valence-corrected chi connectivity index (χ2v) is 9.27. The smallest absolute Gasteiger partial charge is 0.198 e. The molecule has 0 bridgehead atoms. The molecule has 0 spiro atoms. The van der Waals surface area contributed by atoms with E-state index in [1.165, 1.54) is 0 Å². The van der Waals surface area contributed by atoms with Gasteiger partial charge in [-0.05, 0) is 19.6 Å². The van der Waals surface area contributed by atoms with Crippen LogP contribution in [0.15, 0.2) is 0 Å². The molecule has 5 heteroatoms. The lowest BCUT2D eigenvalue weighted by atomic mass is 11.8. The van der Waals surface area contributed by atoms with Gasteiger partial charge in [0.1, 0.15) is 0 Å². The molecule has 0 amide bonds. The van der Waals surface area contributed by atoms with Crippen LogP contribution in [0.5, 0.6) is 0 Å². The first-order valence-electron chi connectivity index (χ1n) is 2.66. The third-order valence-corrected chi connectivity index (χ3v) is 4.70. The first kappa shape index (κ1) is 9.66. The summed E-state index contributed by atoms with van der Waals surface area (Å²) in [6.07, 6.45) is 0. The molecule has 0 aromatic heterocycles. The van der Waals surface area contributed by atoms with Crippen molar-refractivity contribution in [3.05, 3.63) is 0 Å². The molecule has 0 aliphatic rings. The first-order valence-corrected chi connectivity index (χ1v) is 8.26. The van der Waals surface area contributed by atoms with Gasteiger partial charge in [-0.1, -0.05) is 0 Å². The van der Waals surface area contributed by atoms with Crippen molar-refractivity contribution in [1.29, 1.82) is 0 Å². The van der Waals surface area contributed by atoms with Gasteiger partial charge in [-0.25, -0.2) is 0 Å². The molecule has 1 atom stereocenters. The molecule has 0 N–H and O–H groups in total. The van der Waals surface area contributed by atoms with E-state index >= 15 is 0 Å². The van der Waals surface area contributed by atoms with Gasteiger partial charge in [0.05, 0.1) is 7.11 Å². The SMILES string of the molecule is CO[P+](=S)O[Si](C)(C)C. The zero-order chi connectivity index (χ0) is 7.49. The van der Waals surface area contributed by atoms with Crippen LogP contribution in [0.3, 0.4) is 0 Å². The van der Waals surface area contributed by atoms with E-state index in [0.29, 0.717) is 0 Å². The molecule has 9 heavy (non-hydrogen) atoms. The minimum Gasteiger partial charge on any atom is -0.198 e. The normalized spacial score (nSPS) is 13.6. The van der Waals surface area contributed by atoms with Gasteiger partial charge in [-0.15, -0.1) is 4.52 Å². The Bertz CT molecular complexity index is 112. The Balaban J connectivity index is 3.60. The molecule has 2 nitrogen and oxygen atoms in total. The monoisotopic (exact) mass is 183 g/mol. The summed E-state index contributed by atoms with van der Waals surface area (Å²) in [5, 5.41) is 0. The van der Waals surface area contributed by atoms with Crippen molar-refractivity contribution >= 4 is 27.3 Å². The van der Waals surface area contributed by atoms with Gasteiger partial charge in [0.2, 0.25) is 11.8 Å². The van der Waals surface area contributed by atoms with Crippen LogP contribution in [0.2, 0.25) is 19.6 Å². The Labute approximate surface area is 63.3 Å². The summed E-state index contributed by atoms with van der Waals surface area (Å²) in [5.74, 6) is 0. The predicted octanol–water partition coefficient (Wildman–Crippen LogP) is 2.26. The van der Waals surface area contributed by atoms with Crippen LogP contribution in [-0.4, -0.2) is 15.4 Å². The topological polar surface area (TPSA) is 18.5 Å². The van der Waals surface area contributed by atoms with Gasteiger partial charge < -0.3 is 0 Å². The van der Waals surface area contributed by atoms with Crippen LogP contribution in [0.25, 0.3) is 0 Å². The molecular formula is C4H12O2PSSi+. The lowest BCUT2D eigenvalue weighted by molar-refractivity contribution is 0.413. The summed E-state index contributed by atoms with van der Waals surface area (Å²) < 4.78 is 10.2. The third kappa shape index (κ3) is 6.54. The van der Waals surface area contributed by atoms with Crippen LogP contribution in [0.1, 0.15) is 0 Å². The maximum atomic E-state index is 5.38. The second-order valence-electron chi connectivity index (χ2n) is 2.61. The Morgan fingerprint density at radius 2 is 1.78 bits per heavy atom. The van der Waals surface area contributed by atoms with Crippen LogP contribution in [0, 0.1) is 0 Å². The molecule has 0 aliphatic carbocycles. The quantitative estimate of drug-likeness (QED) is 0.494. The van der Waals surface area contributed by atoms with Crippen molar-refractivity contribution in [3.8, 4) is 0 Å². The van der Waals surface area contributed by atoms with E-state index in [9.17, 15) is 0 Å². The Hall–Kier alpha value is 0.657. The molecule has 0 rings (SSSR count). The number of hydrogen-bond acceptors (Lipinski definition) is 3. The number of rotatable bonds is 3. The third-order valence-electron chi connectivity index (χ3n) is 0.497. The molecule has 0 saturated carbocycles. The highest BCUT2D eigenvalue weighted by atomic mass is 32.4. The fraction of sp³-hybridized carbons (Fsp3) is 1.00. The van der Waals surface area contributed by atoms with E-state index in [1.54, 1.807) is 7.11 Å². The van der Waals surface area contributed by atoms with Gasteiger partial charge in [-0.2, -0.15) is 4.21 Å². The minimum absolute atomic E-state index is 1.02. The second kappa shape index (κ2) is 3.74. The lowest BCUT2D eigenvalue weighted by Crippen LogP contribution is -2.21. The van der Waals surface area contributed by atoms with E-state index < -0.39 is 15.5 Å². The summed E-state index contributed by atoms with van der Waals surface area (Å²) in [5.41, 5.74) is 0. The van der Waals surface area contributed by atoms with Crippen LogP contribution in [0.4, 0.5) is 0 Å². The Morgan fingerprint density at radius 3 is 1.89 bits per heavy atom. The highest BCUT2D eigenvalue weighted by Crippen LogP contribution is 2.27. The van der Waals surface area contributed by atoms with Crippen molar-refractivity contribution < 1.29 is 8.74 Å². The lowest BCUT2D eigenvalue weighted by Gasteiger charge is -2.04. The van der Waals surface area contributed by atoms with E-state index in [1.807, 2.05) is 0 Å². The highest BCUT2D eigenvalue weighted by Gasteiger charge is 2.26. The van der Waals surface area contributed by atoms with Crippen molar-refractivity contribution in [3.63, 3.8) is 0 Å². The van der Waals surface area contributed by atoms with E-state index in [-0.39, 0.29) is 0 Å². The van der Waals surface area contributed by atoms with Gasteiger partial charge in [0.15, 0.2) is 0 Å². The summed E-state index contributed by atoms with van der Waals surface area (Å²) in [6.45, 7) is 6.27. The zero-order valence-electron chi connectivity index (χ0n) is 6.17. The van der Waals surface area contributed by atoms with Crippen LogP contribution < -0.4 is 0 Å². The van der Waals surface area contributed by atoms with Gasteiger partial charge in [-0.3, -0.25) is 0 Å². The molecule has 0 fully saturated rings. The molecule has 54 valence electrons. The average molecular weight is 183 g/mol. The molecule has 1 unspecified atom stereocenters. The predicted molar refractivity (Wildman–Crippen MR) is 45.7 cm³/mol. The summed E-state index contributed by atoms with van der Waals surface area (Å²) in [7, 11) is -0.881. The first-order chi connectivity index (χ1) is 3.95. The van der Waals surface area contributed by atoms with Gasteiger partial charge >= 0.3 is 7.15 Å². The van der Waals surface area contributed by atoms with Crippen molar-refractivity contribution in [2.24, 2.45) is 0 Å². The Kier molecular flexibility index (Phi) is 4.01. The fourth-order valence-corrected chi connectivity index (χ4v) is 4.36. The molecule has 0 radical (unpaired) electrons. The fourth-order valence-electron chi connectivity index (χ4n) is 0.261. The number of hydrogen-bond donors (Lipinski definition) is 0. The molecule has 0 heterocycles. The van der Waals surface area contributed by atoms with E-state index in [2.05, 4.69) is 19.6 Å². The van der Waals surface area contributed by atoms with Gasteiger partial charge in [0.25, 0.3) is 8.32 Å². The molecule has 0 saturated heterocycles. The van der Waals surface area contributed by atoms with Crippen LogP contribution >= 0.6 is 7.15 Å². The molecule has 0 aliphatic heterocycles. The van der Waals surface area contributed by atoms with Gasteiger partial charge in [0, 0.05) is 0 Å². The largest absolute Gasteiger partial charge is 0.509 e. The summed E-state index contributed by atoms with van der Waals surface area (Å²) in [4.78, 5) is 0. The average Bonchev–Trinajstić information content (AvgIpc) is 1.62. The van der Waals surface area contributed by atoms with E-state index in [4.69, 9.17) is 20.5 Å². The molecular weight excluding hydrogens is 171 g/mol. The van der Waals surface area contributed by atoms with Crippen LogP contribution in [-0.2, 0) is 20.5 Å². The molecule has 0 aromatic rings. The van der Waals surface area contributed by atoms with E-state index in [0.717, 1.165) is 0 Å².